The molecule has 2 rings (SSSR count). The second-order valence-corrected chi connectivity index (χ2v) is 4.06. The summed E-state index contributed by atoms with van der Waals surface area (Å²) in [5, 5.41) is 0. The summed E-state index contributed by atoms with van der Waals surface area (Å²) < 4.78 is 16.0. The van der Waals surface area contributed by atoms with Crippen LogP contribution in [0.25, 0.3) is 0 Å². The zero-order chi connectivity index (χ0) is 10.7. The highest BCUT2D eigenvalue weighted by molar-refractivity contribution is 5.76. The van der Waals surface area contributed by atoms with E-state index in [2.05, 4.69) is 0 Å². The van der Waals surface area contributed by atoms with Gasteiger partial charge in [0.1, 0.15) is 0 Å². The van der Waals surface area contributed by atoms with Gasteiger partial charge in [-0.2, -0.15) is 0 Å². The van der Waals surface area contributed by atoms with Crippen LogP contribution >= 0.6 is 0 Å². The van der Waals surface area contributed by atoms with Gasteiger partial charge in [-0.15, -0.1) is 0 Å². The predicted octanol–water partition coefficient (Wildman–Crippen LogP) is 1.48. The van der Waals surface area contributed by atoms with Gasteiger partial charge in [-0.25, -0.2) is 0 Å². The summed E-state index contributed by atoms with van der Waals surface area (Å²) in [5.74, 6) is -0.172. The first-order valence-corrected chi connectivity index (χ1v) is 5.75. The SMILES string of the molecule is CCOC(=O)[C@@H]1C[C@H]1O[C@H]1CCCCO1. The van der Waals surface area contributed by atoms with E-state index in [-0.39, 0.29) is 24.3 Å². The van der Waals surface area contributed by atoms with Gasteiger partial charge in [0.2, 0.25) is 0 Å². The molecule has 0 spiro atoms. The number of hydrogen-bond donors (Lipinski definition) is 0. The number of ether oxygens (including phenoxy) is 3. The third kappa shape index (κ3) is 2.92. The van der Waals surface area contributed by atoms with E-state index < -0.39 is 0 Å². The van der Waals surface area contributed by atoms with E-state index in [0.29, 0.717) is 6.61 Å². The van der Waals surface area contributed by atoms with Crippen molar-refractivity contribution in [3.8, 4) is 0 Å². The number of esters is 1. The van der Waals surface area contributed by atoms with Gasteiger partial charge in [0.05, 0.1) is 18.6 Å². The molecule has 4 heteroatoms. The molecule has 3 atom stereocenters. The lowest BCUT2D eigenvalue weighted by molar-refractivity contribution is -0.174. The molecule has 4 nitrogen and oxygen atoms in total. The monoisotopic (exact) mass is 214 g/mol. The van der Waals surface area contributed by atoms with Gasteiger partial charge in [-0.1, -0.05) is 0 Å². The zero-order valence-corrected chi connectivity index (χ0v) is 9.11. The van der Waals surface area contributed by atoms with Crippen molar-refractivity contribution in [2.24, 2.45) is 5.92 Å². The number of hydrogen-bond acceptors (Lipinski definition) is 4. The molecule has 2 fully saturated rings. The first-order valence-electron chi connectivity index (χ1n) is 5.75. The Morgan fingerprint density at radius 1 is 1.47 bits per heavy atom. The van der Waals surface area contributed by atoms with Crippen LogP contribution in [-0.4, -0.2) is 31.6 Å². The van der Waals surface area contributed by atoms with Crippen molar-refractivity contribution in [1.82, 2.24) is 0 Å². The van der Waals surface area contributed by atoms with E-state index in [1.54, 1.807) is 0 Å². The Hall–Kier alpha value is -0.610. The van der Waals surface area contributed by atoms with Gasteiger partial charge < -0.3 is 14.2 Å². The molecule has 0 aromatic carbocycles. The normalized spacial score (nSPS) is 34.9. The zero-order valence-electron chi connectivity index (χ0n) is 9.11. The Morgan fingerprint density at radius 3 is 3.00 bits per heavy atom. The van der Waals surface area contributed by atoms with Gasteiger partial charge in [-0.05, 0) is 32.6 Å². The molecule has 1 saturated carbocycles. The molecule has 0 N–H and O–H groups in total. The summed E-state index contributed by atoms with van der Waals surface area (Å²) >= 11 is 0. The largest absolute Gasteiger partial charge is 0.466 e. The lowest BCUT2D eigenvalue weighted by Gasteiger charge is -2.22. The van der Waals surface area contributed by atoms with E-state index in [1.165, 1.54) is 0 Å². The summed E-state index contributed by atoms with van der Waals surface area (Å²) in [5.41, 5.74) is 0. The van der Waals surface area contributed by atoms with E-state index in [9.17, 15) is 4.79 Å². The maximum absolute atomic E-state index is 11.3. The topological polar surface area (TPSA) is 44.8 Å². The summed E-state index contributed by atoms with van der Waals surface area (Å²) in [6.45, 7) is 3.05. The standard InChI is InChI=1S/C11H18O4/c1-2-13-11(12)8-7-9(8)15-10-5-3-4-6-14-10/h8-10H,2-7H2,1H3/t8-,9-,10+/m1/s1. The van der Waals surface area contributed by atoms with Gasteiger partial charge in [0.25, 0.3) is 0 Å². The Morgan fingerprint density at radius 2 is 2.33 bits per heavy atom. The molecule has 0 radical (unpaired) electrons. The number of rotatable bonds is 4. The maximum atomic E-state index is 11.3. The van der Waals surface area contributed by atoms with Crippen LogP contribution in [0.4, 0.5) is 0 Å². The number of carbonyl (C=O) groups is 1. The fraction of sp³-hybridized carbons (Fsp3) is 0.909. The quantitative estimate of drug-likeness (QED) is 0.665. The molecule has 1 aliphatic heterocycles. The van der Waals surface area contributed by atoms with Crippen LogP contribution in [0.1, 0.15) is 32.6 Å². The second kappa shape index (κ2) is 4.94. The fourth-order valence-electron chi connectivity index (χ4n) is 1.83. The third-order valence-corrected chi connectivity index (χ3v) is 2.79. The highest BCUT2D eigenvalue weighted by Gasteiger charge is 2.46. The van der Waals surface area contributed by atoms with Gasteiger partial charge in [0, 0.05) is 6.61 Å². The van der Waals surface area contributed by atoms with Crippen molar-refractivity contribution in [3.05, 3.63) is 0 Å². The molecule has 0 unspecified atom stereocenters. The molecular weight excluding hydrogens is 196 g/mol. The molecule has 0 aromatic heterocycles. The Kier molecular flexibility index (Phi) is 3.59. The summed E-state index contributed by atoms with van der Waals surface area (Å²) in [7, 11) is 0. The lowest BCUT2D eigenvalue weighted by Crippen LogP contribution is -2.24. The summed E-state index contributed by atoms with van der Waals surface area (Å²) in [6, 6.07) is 0. The van der Waals surface area contributed by atoms with Crippen LogP contribution in [-0.2, 0) is 19.0 Å². The van der Waals surface area contributed by atoms with Crippen molar-refractivity contribution < 1.29 is 19.0 Å². The van der Waals surface area contributed by atoms with Crippen molar-refractivity contribution >= 4 is 5.97 Å². The molecule has 0 amide bonds. The first kappa shape index (κ1) is 10.9. The second-order valence-electron chi connectivity index (χ2n) is 4.06. The van der Waals surface area contributed by atoms with Crippen molar-refractivity contribution in [1.29, 1.82) is 0 Å². The minimum atomic E-state index is -0.127. The molecule has 15 heavy (non-hydrogen) atoms. The average Bonchev–Trinajstić information content (AvgIpc) is 2.99. The minimum absolute atomic E-state index is 0.0344. The van der Waals surface area contributed by atoms with Gasteiger partial charge in [0.15, 0.2) is 6.29 Å². The van der Waals surface area contributed by atoms with E-state index in [1.807, 2.05) is 6.92 Å². The molecule has 0 bridgehead atoms. The molecule has 86 valence electrons. The van der Waals surface area contributed by atoms with Crippen LogP contribution in [0, 0.1) is 5.92 Å². The fourth-order valence-corrected chi connectivity index (χ4v) is 1.83. The maximum Gasteiger partial charge on any atom is 0.311 e. The molecule has 2 aliphatic rings. The Balaban J connectivity index is 1.67. The summed E-state index contributed by atoms with van der Waals surface area (Å²) in [4.78, 5) is 11.3. The van der Waals surface area contributed by atoms with Gasteiger partial charge in [-0.3, -0.25) is 4.79 Å². The van der Waals surface area contributed by atoms with Crippen LogP contribution in [0.2, 0.25) is 0 Å². The molecule has 1 aliphatic carbocycles. The smallest absolute Gasteiger partial charge is 0.311 e. The molecule has 0 aromatic rings. The molecular formula is C11H18O4. The number of carbonyl (C=O) groups excluding carboxylic acids is 1. The minimum Gasteiger partial charge on any atom is -0.466 e. The highest BCUT2D eigenvalue weighted by Crippen LogP contribution is 2.37. The van der Waals surface area contributed by atoms with Crippen LogP contribution < -0.4 is 0 Å². The Bertz CT molecular complexity index is 223. The highest BCUT2D eigenvalue weighted by atomic mass is 16.7. The third-order valence-electron chi connectivity index (χ3n) is 2.79. The van der Waals surface area contributed by atoms with Crippen LogP contribution in [0.15, 0.2) is 0 Å². The van der Waals surface area contributed by atoms with Crippen molar-refractivity contribution in [3.63, 3.8) is 0 Å². The van der Waals surface area contributed by atoms with Gasteiger partial charge >= 0.3 is 5.97 Å². The van der Waals surface area contributed by atoms with Crippen LogP contribution in [0.5, 0.6) is 0 Å². The van der Waals surface area contributed by atoms with Crippen molar-refractivity contribution in [2.75, 3.05) is 13.2 Å². The molecule has 1 saturated heterocycles. The Labute approximate surface area is 89.9 Å². The molecule has 1 heterocycles. The predicted molar refractivity (Wildman–Crippen MR) is 53.2 cm³/mol. The average molecular weight is 214 g/mol. The first-order chi connectivity index (χ1) is 7.31. The van der Waals surface area contributed by atoms with E-state index in [0.717, 1.165) is 32.3 Å². The van der Waals surface area contributed by atoms with E-state index in [4.69, 9.17) is 14.2 Å². The van der Waals surface area contributed by atoms with Crippen LogP contribution in [0.3, 0.4) is 0 Å². The van der Waals surface area contributed by atoms with E-state index >= 15 is 0 Å². The van der Waals surface area contributed by atoms with Crippen molar-refractivity contribution in [2.45, 2.75) is 45.0 Å². The summed E-state index contributed by atoms with van der Waals surface area (Å²) in [6.07, 6.45) is 3.95. The lowest BCUT2D eigenvalue weighted by atomic mass is 10.2.